The minimum atomic E-state index is -0.230. The molecule has 4 heteroatoms. The minimum absolute atomic E-state index is 0.0609. The van der Waals surface area contributed by atoms with Crippen LogP contribution in [-0.4, -0.2) is 24.5 Å². The fraction of sp³-hybridized carbons (Fsp3) is 0.417. The fourth-order valence-corrected chi connectivity index (χ4v) is 1.71. The monoisotopic (exact) mass is 241 g/mol. The lowest BCUT2D eigenvalue weighted by Crippen LogP contribution is -2.25. The number of nitrogens with one attached hydrogen (secondary N) is 1. The second-order valence-electron chi connectivity index (χ2n) is 3.47. The number of amides is 1. The van der Waals surface area contributed by atoms with Gasteiger partial charge < -0.3 is 5.32 Å². The lowest BCUT2D eigenvalue weighted by molar-refractivity contribution is -0.120. The van der Waals surface area contributed by atoms with Gasteiger partial charge in [0.1, 0.15) is 5.82 Å². The van der Waals surface area contributed by atoms with Crippen molar-refractivity contribution >= 4 is 17.7 Å². The van der Waals surface area contributed by atoms with Gasteiger partial charge in [0, 0.05) is 18.7 Å². The minimum Gasteiger partial charge on any atom is -0.356 e. The molecule has 0 bridgehead atoms. The molecule has 1 N–H and O–H groups in total. The average molecular weight is 241 g/mol. The van der Waals surface area contributed by atoms with Gasteiger partial charge in [-0.15, -0.1) is 0 Å². The first-order valence-electron chi connectivity index (χ1n) is 5.22. The van der Waals surface area contributed by atoms with E-state index in [1.165, 1.54) is 12.1 Å². The van der Waals surface area contributed by atoms with Crippen LogP contribution in [-0.2, 0) is 11.2 Å². The number of hydrogen-bond acceptors (Lipinski definition) is 2. The standard InChI is InChI=1S/C12H16FNOS/c1-16-8-6-12(15)14-7-5-10-3-2-4-11(13)9-10/h2-4,9H,5-8H2,1H3,(H,14,15). The van der Waals surface area contributed by atoms with Crippen molar-refractivity contribution in [1.29, 1.82) is 0 Å². The molecule has 0 heterocycles. The molecule has 1 rings (SSSR count). The number of benzene rings is 1. The van der Waals surface area contributed by atoms with Gasteiger partial charge in [0.25, 0.3) is 0 Å². The second kappa shape index (κ2) is 7.28. The zero-order valence-electron chi connectivity index (χ0n) is 9.33. The first kappa shape index (κ1) is 13.0. The van der Waals surface area contributed by atoms with Crippen molar-refractivity contribution in [3.63, 3.8) is 0 Å². The predicted octanol–water partition coefficient (Wildman–Crippen LogP) is 2.24. The Morgan fingerprint density at radius 2 is 2.31 bits per heavy atom. The average Bonchev–Trinajstić information content (AvgIpc) is 2.26. The van der Waals surface area contributed by atoms with Crippen LogP contribution in [0.4, 0.5) is 4.39 Å². The Morgan fingerprint density at radius 1 is 1.50 bits per heavy atom. The normalized spacial score (nSPS) is 10.1. The van der Waals surface area contributed by atoms with Crippen LogP contribution in [0.2, 0.25) is 0 Å². The quantitative estimate of drug-likeness (QED) is 0.827. The summed E-state index contributed by atoms with van der Waals surface area (Å²) in [6.07, 6.45) is 3.19. The maximum absolute atomic E-state index is 12.8. The zero-order chi connectivity index (χ0) is 11.8. The van der Waals surface area contributed by atoms with Gasteiger partial charge >= 0.3 is 0 Å². The maximum atomic E-state index is 12.8. The van der Waals surface area contributed by atoms with Crippen molar-refractivity contribution in [2.24, 2.45) is 0 Å². The van der Waals surface area contributed by atoms with E-state index in [4.69, 9.17) is 0 Å². The molecule has 0 aliphatic carbocycles. The molecule has 0 aliphatic heterocycles. The van der Waals surface area contributed by atoms with Gasteiger partial charge in [-0.2, -0.15) is 11.8 Å². The fourth-order valence-electron chi connectivity index (χ4n) is 1.32. The summed E-state index contributed by atoms with van der Waals surface area (Å²) in [6.45, 7) is 0.566. The van der Waals surface area contributed by atoms with Crippen LogP contribution in [0.25, 0.3) is 0 Å². The maximum Gasteiger partial charge on any atom is 0.220 e. The van der Waals surface area contributed by atoms with Crippen LogP contribution in [0, 0.1) is 5.82 Å². The molecule has 0 radical (unpaired) electrons. The van der Waals surface area contributed by atoms with Gasteiger partial charge in [-0.05, 0) is 30.4 Å². The van der Waals surface area contributed by atoms with Gasteiger partial charge in [0.15, 0.2) is 0 Å². The number of rotatable bonds is 6. The van der Waals surface area contributed by atoms with E-state index in [1.807, 2.05) is 12.3 Å². The molecule has 1 aromatic carbocycles. The number of carbonyl (C=O) groups excluding carboxylic acids is 1. The molecule has 0 spiro atoms. The third kappa shape index (κ3) is 5.16. The van der Waals surface area contributed by atoms with Crippen LogP contribution >= 0.6 is 11.8 Å². The molecule has 0 unspecified atom stereocenters. The number of hydrogen-bond donors (Lipinski definition) is 1. The van der Waals surface area contributed by atoms with E-state index in [9.17, 15) is 9.18 Å². The number of thioether (sulfide) groups is 1. The summed E-state index contributed by atoms with van der Waals surface area (Å²) >= 11 is 1.65. The Balaban J connectivity index is 2.22. The highest BCUT2D eigenvalue weighted by Gasteiger charge is 2.00. The van der Waals surface area contributed by atoms with Crippen molar-refractivity contribution in [2.45, 2.75) is 12.8 Å². The van der Waals surface area contributed by atoms with Gasteiger partial charge in [0.05, 0.1) is 0 Å². The highest BCUT2D eigenvalue weighted by molar-refractivity contribution is 7.98. The summed E-state index contributed by atoms with van der Waals surface area (Å²) in [5.41, 5.74) is 0.908. The molecule has 1 amide bonds. The molecule has 0 saturated carbocycles. The number of halogens is 1. The zero-order valence-corrected chi connectivity index (χ0v) is 10.1. The molecule has 0 fully saturated rings. The highest BCUT2D eigenvalue weighted by Crippen LogP contribution is 2.03. The summed E-state index contributed by atoms with van der Waals surface area (Å²) in [6, 6.07) is 6.45. The summed E-state index contributed by atoms with van der Waals surface area (Å²) in [7, 11) is 0. The van der Waals surface area contributed by atoms with E-state index >= 15 is 0 Å². The van der Waals surface area contributed by atoms with Crippen molar-refractivity contribution in [3.8, 4) is 0 Å². The lowest BCUT2D eigenvalue weighted by Gasteiger charge is -2.04. The van der Waals surface area contributed by atoms with Crippen LogP contribution < -0.4 is 5.32 Å². The molecule has 88 valence electrons. The Morgan fingerprint density at radius 3 is 3.00 bits per heavy atom. The van der Waals surface area contributed by atoms with E-state index in [0.29, 0.717) is 19.4 Å². The Bertz CT molecular complexity index is 344. The summed E-state index contributed by atoms with van der Waals surface area (Å²) in [5.74, 6) is 0.670. The largest absolute Gasteiger partial charge is 0.356 e. The Hall–Kier alpha value is -1.03. The molecular weight excluding hydrogens is 225 g/mol. The van der Waals surface area contributed by atoms with Crippen LogP contribution in [0.15, 0.2) is 24.3 Å². The van der Waals surface area contributed by atoms with Crippen molar-refractivity contribution in [2.75, 3.05) is 18.6 Å². The molecule has 1 aromatic rings. The van der Waals surface area contributed by atoms with Gasteiger partial charge in [-0.1, -0.05) is 12.1 Å². The van der Waals surface area contributed by atoms with E-state index in [2.05, 4.69) is 5.32 Å². The van der Waals surface area contributed by atoms with Crippen LogP contribution in [0.5, 0.6) is 0 Å². The van der Waals surface area contributed by atoms with Gasteiger partial charge in [-0.3, -0.25) is 4.79 Å². The predicted molar refractivity (Wildman–Crippen MR) is 66.1 cm³/mol. The van der Waals surface area contributed by atoms with E-state index in [0.717, 1.165) is 11.3 Å². The lowest BCUT2D eigenvalue weighted by atomic mass is 10.1. The van der Waals surface area contributed by atoms with E-state index in [-0.39, 0.29) is 11.7 Å². The van der Waals surface area contributed by atoms with Gasteiger partial charge in [0.2, 0.25) is 5.91 Å². The Labute approximate surface area is 99.6 Å². The van der Waals surface area contributed by atoms with Crippen LogP contribution in [0.3, 0.4) is 0 Å². The smallest absolute Gasteiger partial charge is 0.220 e. The number of carbonyl (C=O) groups is 1. The molecule has 2 nitrogen and oxygen atoms in total. The first-order valence-corrected chi connectivity index (χ1v) is 6.62. The van der Waals surface area contributed by atoms with E-state index < -0.39 is 0 Å². The van der Waals surface area contributed by atoms with E-state index in [1.54, 1.807) is 17.8 Å². The molecule has 0 atom stereocenters. The van der Waals surface area contributed by atoms with Crippen molar-refractivity contribution in [1.82, 2.24) is 5.32 Å². The van der Waals surface area contributed by atoms with Crippen LogP contribution in [0.1, 0.15) is 12.0 Å². The SMILES string of the molecule is CSCCC(=O)NCCc1cccc(F)c1. The summed E-state index contributed by atoms with van der Waals surface area (Å²) < 4.78 is 12.8. The molecule has 16 heavy (non-hydrogen) atoms. The third-order valence-electron chi connectivity index (χ3n) is 2.16. The molecule has 0 saturated heterocycles. The van der Waals surface area contributed by atoms with Crippen molar-refractivity contribution in [3.05, 3.63) is 35.6 Å². The highest BCUT2D eigenvalue weighted by atomic mass is 32.2. The molecule has 0 aromatic heterocycles. The van der Waals surface area contributed by atoms with Gasteiger partial charge in [-0.25, -0.2) is 4.39 Å². The topological polar surface area (TPSA) is 29.1 Å². The summed E-state index contributed by atoms with van der Waals surface area (Å²) in [4.78, 5) is 11.3. The summed E-state index contributed by atoms with van der Waals surface area (Å²) in [5, 5.41) is 2.81. The second-order valence-corrected chi connectivity index (χ2v) is 4.46. The van der Waals surface area contributed by atoms with Crippen molar-refractivity contribution < 1.29 is 9.18 Å². The third-order valence-corrected chi connectivity index (χ3v) is 2.77. The molecular formula is C12H16FNOS. The first-order chi connectivity index (χ1) is 7.72. The molecule has 0 aliphatic rings. The Kier molecular flexibility index (Phi) is 5.93.